The topological polar surface area (TPSA) is 98.0 Å². The van der Waals surface area contributed by atoms with Crippen LogP contribution in [-0.4, -0.2) is 46.9 Å². The highest BCUT2D eigenvalue weighted by Crippen LogP contribution is 2.21. The molecule has 0 atom stereocenters. The van der Waals surface area contributed by atoms with Crippen molar-refractivity contribution in [2.75, 3.05) is 18.8 Å². The van der Waals surface area contributed by atoms with E-state index in [1.165, 1.54) is 21.0 Å². The molecule has 0 saturated carbocycles. The highest BCUT2D eigenvalue weighted by atomic mass is 35.5. The third kappa shape index (κ3) is 4.48. The predicted octanol–water partition coefficient (Wildman–Crippen LogP) is 1.45. The summed E-state index contributed by atoms with van der Waals surface area (Å²) in [5.41, 5.74) is 0.448. The summed E-state index contributed by atoms with van der Waals surface area (Å²) in [5.74, 6) is -0.702. The van der Waals surface area contributed by atoms with E-state index in [4.69, 9.17) is 16.3 Å². The molecule has 27 heavy (non-hydrogen) atoms. The molecule has 1 saturated heterocycles. The second-order valence-electron chi connectivity index (χ2n) is 6.34. The summed E-state index contributed by atoms with van der Waals surface area (Å²) in [4.78, 5) is 28.7. The summed E-state index contributed by atoms with van der Waals surface area (Å²) in [6.07, 6.45) is 2.31. The largest absolute Gasteiger partial charge is 0.459 e. The predicted molar refractivity (Wildman–Crippen MR) is 100 cm³/mol. The summed E-state index contributed by atoms with van der Waals surface area (Å²) in [5, 5.41) is 0.419. The minimum atomic E-state index is -3.23. The van der Waals surface area contributed by atoms with Crippen molar-refractivity contribution in [1.29, 1.82) is 0 Å². The van der Waals surface area contributed by atoms with E-state index in [9.17, 15) is 18.0 Å². The Hall–Kier alpha value is -1.97. The third-order valence-corrected chi connectivity index (χ3v) is 6.69. The van der Waals surface area contributed by atoms with Crippen LogP contribution in [0.5, 0.6) is 0 Å². The van der Waals surface area contributed by atoms with Gasteiger partial charge >= 0.3 is 5.97 Å². The molecule has 3 heterocycles. The number of esters is 1. The molecule has 8 nitrogen and oxygen atoms in total. The van der Waals surface area contributed by atoms with E-state index in [-0.39, 0.29) is 23.8 Å². The van der Waals surface area contributed by atoms with Crippen molar-refractivity contribution in [3.8, 4) is 0 Å². The second kappa shape index (κ2) is 7.95. The van der Waals surface area contributed by atoms with Crippen molar-refractivity contribution in [2.45, 2.75) is 26.4 Å². The van der Waals surface area contributed by atoms with Gasteiger partial charge in [-0.3, -0.25) is 14.0 Å². The van der Waals surface area contributed by atoms with Gasteiger partial charge in [0.25, 0.3) is 5.56 Å². The number of carbonyl (C=O) groups excluding carboxylic acids is 1. The van der Waals surface area contributed by atoms with E-state index in [1.807, 2.05) is 0 Å². The quantitative estimate of drug-likeness (QED) is 0.688. The molecule has 0 radical (unpaired) electrons. The number of sulfonamides is 1. The van der Waals surface area contributed by atoms with Crippen LogP contribution >= 0.6 is 11.6 Å². The maximum atomic E-state index is 12.3. The molecule has 2 aromatic rings. The number of hydrogen-bond acceptors (Lipinski definition) is 6. The van der Waals surface area contributed by atoms with Gasteiger partial charge in [0.05, 0.1) is 22.4 Å². The summed E-state index contributed by atoms with van der Waals surface area (Å²) in [7, 11) is -3.23. The monoisotopic (exact) mass is 413 g/mol. The lowest BCUT2D eigenvalue weighted by atomic mass is 9.98. The van der Waals surface area contributed by atoms with Gasteiger partial charge in [0.2, 0.25) is 10.0 Å². The number of nitrogens with zero attached hydrogens (tertiary/aromatic N) is 3. The average Bonchev–Trinajstić information content (AvgIpc) is 2.67. The SMILES string of the molecule is CCS(=O)(=O)N1CCC(C(=O)OCc2cc(=O)n3cc(Cl)ccc3n2)CC1. The van der Waals surface area contributed by atoms with Gasteiger partial charge in [0.15, 0.2) is 0 Å². The lowest BCUT2D eigenvalue weighted by Gasteiger charge is -2.29. The van der Waals surface area contributed by atoms with Gasteiger partial charge in [-0.25, -0.2) is 17.7 Å². The van der Waals surface area contributed by atoms with Crippen molar-refractivity contribution in [2.24, 2.45) is 5.92 Å². The molecule has 1 fully saturated rings. The Morgan fingerprint density at radius 1 is 1.33 bits per heavy atom. The molecule has 0 aromatic carbocycles. The van der Waals surface area contributed by atoms with Crippen LogP contribution in [0.4, 0.5) is 0 Å². The maximum Gasteiger partial charge on any atom is 0.309 e. The van der Waals surface area contributed by atoms with E-state index in [1.54, 1.807) is 19.1 Å². The number of hydrogen-bond donors (Lipinski definition) is 0. The Kier molecular flexibility index (Phi) is 5.83. The van der Waals surface area contributed by atoms with E-state index in [0.717, 1.165) is 0 Å². The molecule has 0 amide bonds. The zero-order valence-electron chi connectivity index (χ0n) is 14.8. The number of halogens is 1. The van der Waals surface area contributed by atoms with Gasteiger partial charge in [-0.05, 0) is 31.9 Å². The van der Waals surface area contributed by atoms with Crippen molar-refractivity contribution in [3.05, 3.63) is 45.5 Å². The van der Waals surface area contributed by atoms with E-state index in [2.05, 4.69) is 4.98 Å². The fraction of sp³-hybridized carbons (Fsp3) is 0.471. The van der Waals surface area contributed by atoms with Crippen molar-refractivity contribution >= 4 is 33.2 Å². The fourth-order valence-electron chi connectivity index (χ4n) is 3.02. The Balaban J connectivity index is 1.61. The number of rotatable bonds is 5. The van der Waals surface area contributed by atoms with Crippen LogP contribution in [0.2, 0.25) is 5.02 Å². The van der Waals surface area contributed by atoms with Crippen LogP contribution in [0, 0.1) is 5.92 Å². The smallest absolute Gasteiger partial charge is 0.309 e. The molecule has 0 unspecified atom stereocenters. The van der Waals surface area contributed by atoms with Crippen molar-refractivity contribution in [1.82, 2.24) is 13.7 Å². The highest BCUT2D eigenvalue weighted by molar-refractivity contribution is 7.89. The number of aromatic nitrogens is 2. The summed E-state index contributed by atoms with van der Waals surface area (Å²) in [6, 6.07) is 4.53. The minimum Gasteiger partial charge on any atom is -0.459 e. The first kappa shape index (κ1) is 19.8. The number of carbonyl (C=O) groups is 1. The van der Waals surface area contributed by atoms with E-state index in [0.29, 0.717) is 42.3 Å². The minimum absolute atomic E-state index is 0.0521. The number of fused-ring (bicyclic) bond motifs is 1. The lowest BCUT2D eigenvalue weighted by molar-refractivity contribution is -0.151. The average molecular weight is 414 g/mol. The lowest BCUT2D eigenvalue weighted by Crippen LogP contribution is -2.41. The molecule has 0 bridgehead atoms. The molecule has 0 spiro atoms. The van der Waals surface area contributed by atoms with Crippen LogP contribution in [0.3, 0.4) is 0 Å². The number of piperidine rings is 1. The van der Waals surface area contributed by atoms with E-state index < -0.39 is 16.0 Å². The summed E-state index contributed by atoms with van der Waals surface area (Å²) < 4.78 is 31.8. The van der Waals surface area contributed by atoms with E-state index >= 15 is 0 Å². The van der Waals surface area contributed by atoms with Crippen LogP contribution < -0.4 is 5.56 Å². The Bertz CT molecular complexity index is 1010. The fourth-order valence-corrected chi connectivity index (χ4v) is 4.31. The third-order valence-electron chi connectivity index (χ3n) is 4.58. The van der Waals surface area contributed by atoms with Crippen LogP contribution in [0.15, 0.2) is 29.2 Å². The van der Waals surface area contributed by atoms with Gasteiger partial charge in [-0.2, -0.15) is 0 Å². The van der Waals surface area contributed by atoms with Crippen LogP contribution in [0.1, 0.15) is 25.5 Å². The maximum absolute atomic E-state index is 12.3. The zero-order valence-corrected chi connectivity index (χ0v) is 16.4. The molecular weight excluding hydrogens is 394 g/mol. The Labute approximate surface area is 161 Å². The summed E-state index contributed by atoms with van der Waals surface area (Å²) in [6.45, 7) is 2.11. The van der Waals surface area contributed by atoms with Crippen molar-refractivity contribution < 1.29 is 17.9 Å². The zero-order chi connectivity index (χ0) is 19.6. The molecule has 1 aliphatic heterocycles. The number of pyridine rings is 1. The summed E-state index contributed by atoms with van der Waals surface area (Å²) >= 11 is 5.87. The van der Waals surface area contributed by atoms with Gasteiger partial charge in [-0.1, -0.05) is 11.6 Å². The number of ether oxygens (including phenoxy) is 1. The normalized spacial score (nSPS) is 16.5. The van der Waals surface area contributed by atoms with Gasteiger partial charge in [-0.15, -0.1) is 0 Å². The molecule has 0 N–H and O–H groups in total. The van der Waals surface area contributed by atoms with Crippen molar-refractivity contribution in [3.63, 3.8) is 0 Å². The molecular formula is C17H20ClN3O5S. The van der Waals surface area contributed by atoms with Gasteiger partial charge in [0.1, 0.15) is 12.3 Å². The molecule has 2 aromatic heterocycles. The molecule has 0 aliphatic carbocycles. The van der Waals surface area contributed by atoms with Gasteiger partial charge in [0, 0.05) is 25.4 Å². The Morgan fingerprint density at radius 3 is 2.70 bits per heavy atom. The second-order valence-corrected chi connectivity index (χ2v) is 9.04. The van der Waals surface area contributed by atoms with Crippen LogP contribution in [0.25, 0.3) is 5.65 Å². The Morgan fingerprint density at radius 2 is 2.04 bits per heavy atom. The molecule has 3 rings (SSSR count). The molecule has 10 heteroatoms. The van der Waals surface area contributed by atoms with Crippen LogP contribution in [-0.2, 0) is 26.2 Å². The molecule has 1 aliphatic rings. The molecule has 146 valence electrons. The van der Waals surface area contributed by atoms with Gasteiger partial charge < -0.3 is 4.74 Å². The standard InChI is InChI=1S/C17H20ClN3O5S/c1-2-27(24,25)20-7-5-12(6-8-20)17(23)26-11-14-9-16(22)21-10-13(18)3-4-15(21)19-14/h3-4,9-10,12H,2,5-8,11H2,1H3. The first-order valence-electron chi connectivity index (χ1n) is 8.62. The first-order chi connectivity index (χ1) is 12.8. The highest BCUT2D eigenvalue weighted by Gasteiger charge is 2.31. The first-order valence-corrected chi connectivity index (χ1v) is 10.6.